The first kappa shape index (κ1) is 4.43. The molecule has 4 nitrogen and oxygen atoms in total. The number of rotatable bonds is 0. The number of hydrogen-bond donors (Lipinski definition) is 1. The van der Waals surface area contributed by atoms with Crippen molar-refractivity contribution < 1.29 is 1.43 Å². The molecule has 2 aromatic rings. The van der Waals surface area contributed by atoms with E-state index in [2.05, 4.69) is 20.4 Å². The van der Waals surface area contributed by atoms with Gasteiger partial charge in [0.25, 0.3) is 0 Å². The molecule has 0 unspecified atom stereocenters. The van der Waals surface area contributed by atoms with Crippen LogP contribution in [0.5, 0.6) is 0 Å². The Kier molecular flexibility index (Phi) is 0.745. The molecule has 0 radical (unpaired) electrons. The summed E-state index contributed by atoms with van der Waals surface area (Å²) in [6.45, 7) is 0. The van der Waals surface area contributed by atoms with Gasteiger partial charge in [0, 0.05) is 7.62 Å². The summed E-state index contributed by atoms with van der Waals surface area (Å²) in [5.41, 5.74) is 1.47. The van der Waals surface area contributed by atoms with Crippen molar-refractivity contribution >= 4 is 11.2 Å². The van der Waals surface area contributed by atoms with E-state index < -0.39 is 0 Å². The number of aromatic nitrogens is 4. The third-order valence-corrected chi connectivity index (χ3v) is 1.09. The molecule has 0 saturated carbocycles. The highest BCUT2D eigenvalue weighted by Crippen LogP contribution is 1.99. The largest absolute Gasteiger partial charge is 0.234 e. The molecule has 0 fully saturated rings. The first-order valence-electron chi connectivity index (χ1n) is 2.58. The Morgan fingerprint density at radius 1 is 1.44 bits per heavy atom. The Hall–Kier alpha value is -1.45. The molecule has 2 rings (SSSR count). The maximum atomic E-state index is 3.94. The zero-order chi connectivity index (χ0) is 6.10. The number of H-pyrrole nitrogens is 1. The van der Waals surface area contributed by atoms with Gasteiger partial charge >= 0.3 is 0 Å². The van der Waals surface area contributed by atoms with Gasteiger partial charge in [0.15, 0.2) is 0 Å². The topological polar surface area (TPSA) is 54.5 Å². The number of hydrogen-bond acceptors (Lipinski definition) is 3. The van der Waals surface area contributed by atoms with Crippen LogP contribution >= 0.6 is 0 Å². The zero-order valence-corrected chi connectivity index (χ0v) is 4.57. The van der Waals surface area contributed by atoms with E-state index in [0.29, 0.717) is 5.65 Å². The molecule has 9 heavy (non-hydrogen) atoms. The van der Waals surface area contributed by atoms with E-state index in [9.17, 15) is 0 Å². The lowest BCUT2D eigenvalue weighted by Crippen LogP contribution is -1.71. The SMILES string of the molecule is [HH].c1cnc2n[nH]nc2c1. The molecule has 0 bridgehead atoms. The summed E-state index contributed by atoms with van der Waals surface area (Å²) in [6.07, 6.45) is 1.69. The van der Waals surface area contributed by atoms with Gasteiger partial charge in [0.2, 0.25) is 5.65 Å². The van der Waals surface area contributed by atoms with Gasteiger partial charge in [-0.3, -0.25) is 0 Å². The summed E-state index contributed by atoms with van der Waals surface area (Å²) < 4.78 is 0. The third kappa shape index (κ3) is 0.561. The minimum Gasteiger partial charge on any atom is -0.234 e. The zero-order valence-electron chi connectivity index (χ0n) is 4.57. The lowest BCUT2D eigenvalue weighted by Gasteiger charge is -1.77. The summed E-state index contributed by atoms with van der Waals surface area (Å²) in [6, 6.07) is 3.68. The first-order valence-corrected chi connectivity index (χ1v) is 2.58. The number of pyridine rings is 1. The highest BCUT2D eigenvalue weighted by Gasteiger charge is 1.92. The summed E-state index contributed by atoms with van der Waals surface area (Å²) in [7, 11) is 0. The van der Waals surface area contributed by atoms with Gasteiger partial charge in [-0.25, -0.2) is 4.98 Å². The number of nitrogens with zero attached hydrogens (tertiary/aromatic N) is 3. The lowest BCUT2D eigenvalue weighted by atomic mass is 10.4. The fraction of sp³-hybridized carbons (Fsp3) is 0. The van der Waals surface area contributed by atoms with Crippen LogP contribution in [0.2, 0.25) is 0 Å². The molecule has 1 N–H and O–H groups in total. The van der Waals surface area contributed by atoms with Crippen molar-refractivity contribution in [3.63, 3.8) is 0 Å². The van der Waals surface area contributed by atoms with Crippen LogP contribution in [0.25, 0.3) is 11.2 Å². The predicted octanol–water partition coefficient (Wildman–Crippen LogP) is 0.599. The fourth-order valence-corrected chi connectivity index (χ4v) is 0.688. The van der Waals surface area contributed by atoms with Crippen LogP contribution in [-0.4, -0.2) is 20.4 Å². The number of fused-ring (bicyclic) bond motifs is 1. The van der Waals surface area contributed by atoms with Gasteiger partial charge in [-0.15, -0.1) is 5.10 Å². The molecule has 46 valence electrons. The normalized spacial score (nSPS) is 10.2. The molecule has 0 aromatic carbocycles. The van der Waals surface area contributed by atoms with Gasteiger partial charge in [-0.2, -0.15) is 10.3 Å². The quantitative estimate of drug-likeness (QED) is 0.556. The van der Waals surface area contributed by atoms with Crippen LogP contribution in [-0.2, 0) is 0 Å². The molecule has 2 aromatic heterocycles. The Bertz CT molecular complexity index is 288. The van der Waals surface area contributed by atoms with E-state index in [1.54, 1.807) is 6.20 Å². The highest BCUT2D eigenvalue weighted by molar-refractivity contribution is 5.67. The minimum atomic E-state index is 0. The van der Waals surface area contributed by atoms with Crippen molar-refractivity contribution in [2.75, 3.05) is 0 Å². The van der Waals surface area contributed by atoms with Gasteiger partial charge in [0.1, 0.15) is 5.52 Å². The smallest absolute Gasteiger partial charge is 0.201 e. The van der Waals surface area contributed by atoms with Crippen LogP contribution in [0.4, 0.5) is 0 Å². The molecule has 0 atom stereocenters. The minimum absolute atomic E-state index is 0. The molecule has 0 saturated heterocycles. The van der Waals surface area contributed by atoms with Crippen molar-refractivity contribution in [1.29, 1.82) is 0 Å². The average molecular weight is 122 g/mol. The third-order valence-electron chi connectivity index (χ3n) is 1.09. The van der Waals surface area contributed by atoms with Gasteiger partial charge < -0.3 is 0 Å². The van der Waals surface area contributed by atoms with Crippen LogP contribution in [0, 0.1) is 0 Å². The summed E-state index contributed by atoms with van der Waals surface area (Å²) in [5, 5.41) is 10.1. The van der Waals surface area contributed by atoms with E-state index in [4.69, 9.17) is 0 Å². The summed E-state index contributed by atoms with van der Waals surface area (Å²) >= 11 is 0. The Balaban J connectivity index is 0.000000500. The molecule has 4 heteroatoms. The van der Waals surface area contributed by atoms with Crippen LogP contribution < -0.4 is 0 Å². The van der Waals surface area contributed by atoms with Gasteiger partial charge in [0.05, 0.1) is 0 Å². The monoisotopic (exact) mass is 122 g/mol. The molecule has 0 aliphatic heterocycles. The molecule has 0 spiro atoms. The Labute approximate surface area is 52.4 Å². The molecular weight excluding hydrogens is 116 g/mol. The maximum absolute atomic E-state index is 3.94. The summed E-state index contributed by atoms with van der Waals surface area (Å²) in [5.74, 6) is 0. The average Bonchev–Trinajstić information content (AvgIpc) is 2.33. The maximum Gasteiger partial charge on any atom is 0.201 e. The van der Waals surface area contributed by atoms with Crippen molar-refractivity contribution in [2.45, 2.75) is 0 Å². The molecule has 0 amide bonds. The Morgan fingerprint density at radius 3 is 3.33 bits per heavy atom. The van der Waals surface area contributed by atoms with Crippen molar-refractivity contribution in [2.24, 2.45) is 0 Å². The number of nitrogens with one attached hydrogen (secondary N) is 1. The molecular formula is C5H6N4. The lowest BCUT2D eigenvalue weighted by molar-refractivity contribution is 0.954. The van der Waals surface area contributed by atoms with E-state index in [-0.39, 0.29) is 1.43 Å². The fourth-order valence-electron chi connectivity index (χ4n) is 0.688. The first-order chi connectivity index (χ1) is 4.47. The van der Waals surface area contributed by atoms with E-state index in [1.807, 2.05) is 12.1 Å². The van der Waals surface area contributed by atoms with E-state index in [1.165, 1.54) is 0 Å². The predicted molar refractivity (Wildman–Crippen MR) is 33.8 cm³/mol. The van der Waals surface area contributed by atoms with Crippen molar-refractivity contribution in [3.05, 3.63) is 18.3 Å². The van der Waals surface area contributed by atoms with Crippen LogP contribution in [0.1, 0.15) is 1.43 Å². The number of aromatic amines is 1. The molecule has 0 aliphatic carbocycles. The highest BCUT2D eigenvalue weighted by atomic mass is 15.3. The Morgan fingerprint density at radius 2 is 2.44 bits per heavy atom. The van der Waals surface area contributed by atoms with Gasteiger partial charge in [-0.1, -0.05) is 0 Å². The van der Waals surface area contributed by atoms with Crippen molar-refractivity contribution in [3.8, 4) is 0 Å². The second kappa shape index (κ2) is 1.51. The van der Waals surface area contributed by atoms with E-state index in [0.717, 1.165) is 5.52 Å². The standard InChI is InChI=1S/C5H4N4.H2/c1-2-4-5(6-3-1)8-9-7-4;/h1-3H,(H,6,7,8,9);1H. The second-order valence-electron chi connectivity index (χ2n) is 1.67. The van der Waals surface area contributed by atoms with Gasteiger partial charge in [-0.05, 0) is 12.1 Å². The van der Waals surface area contributed by atoms with Crippen molar-refractivity contribution in [1.82, 2.24) is 20.4 Å². The second-order valence-corrected chi connectivity index (χ2v) is 1.67. The summed E-state index contributed by atoms with van der Waals surface area (Å²) in [4.78, 5) is 3.94. The molecule has 2 heterocycles. The van der Waals surface area contributed by atoms with Crippen LogP contribution in [0.15, 0.2) is 18.3 Å². The van der Waals surface area contributed by atoms with Crippen LogP contribution in [0.3, 0.4) is 0 Å². The molecule has 0 aliphatic rings. The van der Waals surface area contributed by atoms with E-state index >= 15 is 0 Å².